The summed E-state index contributed by atoms with van der Waals surface area (Å²) in [5.41, 5.74) is 5.68. The highest BCUT2D eigenvalue weighted by atomic mass is 16.5. The minimum atomic E-state index is -0.545. The molecule has 0 heterocycles. The standard InChI is InChI=1S/C15H22N2O3/c1-10(15(18)17-14(9-16)11-3-4-11)20-13-7-5-12(19-2)6-8-13/h5-8,10-11,14H,3-4,9,16H2,1-2H3,(H,17,18). The Kier molecular flexibility index (Phi) is 4.84. The minimum absolute atomic E-state index is 0.0735. The smallest absolute Gasteiger partial charge is 0.261 e. The average molecular weight is 278 g/mol. The van der Waals surface area contributed by atoms with E-state index in [1.54, 1.807) is 38.3 Å². The summed E-state index contributed by atoms with van der Waals surface area (Å²) in [6.45, 7) is 2.21. The zero-order valence-electron chi connectivity index (χ0n) is 12.0. The van der Waals surface area contributed by atoms with Crippen molar-refractivity contribution < 1.29 is 14.3 Å². The van der Waals surface area contributed by atoms with Gasteiger partial charge in [0.05, 0.1) is 7.11 Å². The Balaban J connectivity index is 1.86. The number of carbonyl (C=O) groups is 1. The maximum atomic E-state index is 12.1. The Labute approximate surface area is 119 Å². The van der Waals surface area contributed by atoms with E-state index in [1.165, 1.54) is 0 Å². The van der Waals surface area contributed by atoms with Gasteiger partial charge in [0.2, 0.25) is 0 Å². The van der Waals surface area contributed by atoms with Gasteiger partial charge in [-0.1, -0.05) is 0 Å². The van der Waals surface area contributed by atoms with Gasteiger partial charge in [0.25, 0.3) is 5.91 Å². The molecule has 2 atom stereocenters. The summed E-state index contributed by atoms with van der Waals surface area (Å²) >= 11 is 0. The number of amides is 1. The lowest BCUT2D eigenvalue weighted by molar-refractivity contribution is -0.128. The lowest BCUT2D eigenvalue weighted by atomic mass is 10.2. The Hall–Kier alpha value is -1.75. The number of methoxy groups -OCH3 is 1. The summed E-state index contributed by atoms with van der Waals surface area (Å²) in [5.74, 6) is 1.82. The van der Waals surface area contributed by atoms with E-state index in [0.29, 0.717) is 18.2 Å². The van der Waals surface area contributed by atoms with Crippen LogP contribution in [0.1, 0.15) is 19.8 Å². The van der Waals surface area contributed by atoms with Crippen LogP contribution < -0.4 is 20.5 Å². The number of hydrogen-bond acceptors (Lipinski definition) is 4. The third-order valence-electron chi connectivity index (χ3n) is 3.51. The molecule has 0 aliphatic heterocycles. The van der Waals surface area contributed by atoms with E-state index in [2.05, 4.69) is 5.32 Å². The Bertz CT molecular complexity index is 443. The molecule has 110 valence electrons. The normalized spacial score (nSPS) is 17.1. The molecule has 2 rings (SSSR count). The van der Waals surface area contributed by atoms with E-state index < -0.39 is 6.10 Å². The molecule has 0 spiro atoms. The first-order valence-corrected chi connectivity index (χ1v) is 6.95. The van der Waals surface area contributed by atoms with E-state index in [1.807, 2.05) is 0 Å². The second-order valence-electron chi connectivity index (χ2n) is 5.12. The largest absolute Gasteiger partial charge is 0.497 e. The van der Waals surface area contributed by atoms with Crippen LogP contribution in [-0.4, -0.2) is 31.7 Å². The number of carbonyl (C=O) groups excluding carboxylic acids is 1. The highest BCUT2D eigenvalue weighted by Gasteiger charge is 2.32. The molecule has 5 nitrogen and oxygen atoms in total. The molecule has 1 aliphatic carbocycles. The summed E-state index contributed by atoms with van der Waals surface area (Å²) < 4.78 is 10.7. The topological polar surface area (TPSA) is 73.6 Å². The highest BCUT2D eigenvalue weighted by Crippen LogP contribution is 2.32. The first-order valence-electron chi connectivity index (χ1n) is 6.95. The number of nitrogens with two attached hydrogens (primary N) is 1. The van der Waals surface area contributed by atoms with E-state index in [0.717, 1.165) is 18.6 Å². The van der Waals surface area contributed by atoms with Gasteiger partial charge in [0.1, 0.15) is 11.5 Å². The van der Waals surface area contributed by atoms with Gasteiger partial charge in [-0.25, -0.2) is 0 Å². The van der Waals surface area contributed by atoms with Crippen molar-refractivity contribution in [2.45, 2.75) is 31.9 Å². The molecule has 1 fully saturated rings. The summed E-state index contributed by atoms with van der Waals surface area (Å²) in [6, 6.07) is 7.23. The SMILES string of the molecule is COc1ccc(OC(C)C(=O)NC(CN)C2CC2)cc1. The summed E-state index contributed by atoms with van der Waals surface area (Å²) in [4.78, 5) is 12.1. The van der Waals surface area contributed by atoms with Gasteiger partial charge >= 0.3 is 0 Å². The van der Waals surface area contributed by atoms with Crippen molar-refractivity contribution in [3.05, 3.63) is 24.3 Å². The van der Waals surface area contributed by atoms with Gasteiger partial charge in [-0.15, -0.1) is 0 Å². The van der Waals surface area contributed by atoms with E-state index >= 15 is 0 Å². The third kappa shape index (κ3) is 3.87. The molecule has 1 saturated carbocycles. The highest BCUT2D eigenvalue weighted by molar-refractivity contribution is 5.81. The van der Waals surface area contributed by atoms with Crippen LogP contribution in [0.25, 0.3) is 0 Å². The van der Waals surface area contributed by atoms with Crippen molar-refractivity contribution in [2.24, 2.45) is 11.7 Å². The van der Waals surface area contributed by atoms with E-state index in [-0.39, 0.29) is 11.9 Å². The monoisotopic (exact) mass is 278 g/mol. The number of rotatable bonds is 7. The van der Waals surface area contributed by atoms with Crippen molar-refractivity contribution in [3.63, 3.8) is 0 Å². The molecule has 0 radical (unpaired) electrons. The maximum absolute atomic E-state index is 12.1. The first kappa shape index (κ1) is 14.7. The molecule has 1 aliphatic rings. The number of ether oxygens (including phenoxy) is 2. The fourth-order valence-corrected chi connectivity index (χ4v) is 2.08. The molecular weight excluding hydrogens is 256 g/mol. The van der Waals surface area contributed by atoms with Crippen molar-refractivity contribution in [2.75, 3.05) is 13.7 Å². The van der Waals surface area contributed by atoms with Crippen molar-refractivity contribution in [3.8, 4) is 11.5 Å². The molecule has 2 unspecified atom stereocenters. The first-order chi connectivity index (χ1) is 9.63. The van der Waals surface area contributed by atoms with Crippen LogP contribution in [0.15, 0.2) is 24.3 Å². The lowest BCUT2D eigenvalue weighted by Crippen LogP contribution is -2.46. The fourth-order valence-electron chi connectivity index (χ4n) is 2.08. The van der Waals surface area contributed by atoms with Crippen LogP contribution in [0.2, 0.25) is 0 Å². The summed E-state index contributed by atoms with van der Waals surface area (Å²) in [7, 11) is 1.61. The van der Waals surface area contributed by atoms with Gasteiger partial charge in [0, 0.05) is 12.6 Å². The maximum Gasteiger partial charge on any atom is 0.261 e. The summed E-state index contributed by atoms with van der Waals surface area (Å²) in [6.07, 6.45) is 1.75. The van der Waals surface area contributed by atoms with Gasteiger partial charge in [-0.2, -0.15) is 0 Å². The van der Waals surface area contributed by atoms with Crippen LogP contribution in [0.5, 0.6) is 11.5 Å². The van der Waals surface area contributed by atoms with Crippen molar-refractivity contribution in [1.82, 2.24) is 5.32 Å². The van der Waals surface area contributed by atoms with E-state index in [9.17, 15) is 4.79 Å². The second-order valence-corrected chi connectivity index (χ2v) is 5.12. The fraction of sp³-hybridized carbons (Fsp3) is 0.533. The zero-order chi connectivity index (χ0) is 14.5. The van der Waals surface area contributed by atoms with Crippen LogP contribution >= 0.6 is 0 Å². The molecule has 0 saturated heterocycles. The van der Waals surface area contributed by atoms with Crippen molar-refractivity contribution in [1.29, 1.82) is 0 Å². The Morgan fingerprint density at radius 1 is 1.35 bits per heavy atom. The van der Waals surface area contributed by atoms with Crippen LogP contribution in [0.3, 0.4) is 0 Å². The zero-order valence-corrected chi connectivity index (χ0v) is 12.0. The predicted octanol–water partition coefficient (Wildman–Crippen LogP) is 1.32. The van der Waals surface area contributed by atoms with E-state index in [4.69, 9.17) is 15.2 Å². The van der Waals surface area contributed by atoms with Gasteiger partial charge in [-0.05, 0) is 49.9 Å². The molecule has 0 aromatic heterocycles. The van der Waals surface area contributed by atoms with Crippen LogP contribution in [0, 0.1) is 5.92 Å². The molecule has 20 heavy (non-hydrogen) atoms. The Morgan fingerprint density at radius 3 is 2.45 bits per heavy atom. The molecule has 3 N–H and O–H groups in total. The molecule has 1 aromatic carbocycles. The number of benzene rings is 1. The quantitative estimate of drug-likeness (QED) is 0.789. The molecular formula is C15H22N2O3. The molecule has 0 bridgehead atoms. The molecule has 1 amide bonds. The van der Waals surface area contributed by atoms with Gasteiger partial charge < -0.3 is 20.5 Å². The van der Waals surface area contributed by atoms with Crippen LogP contribution in [-0.2, 0) is 4.79 Å². The Morgan fingerprint density at radius 2 is 1.95 bits per heavy atom. The second kappa shape index (κ2) is 6.61. The third-order valence-corrected chi connectivity index (χ3v) is 3.51. The number of hydrogen-bond donors (Lipinski definition) is 2. The van der Waals surface area contributed by atoms with Crippen molar-refractivity contribution >= 4 is 5.91 Å². The van der Waals surface area contributed by atoms with Gasteiger partial charge in [0.15, 0.2) is 6.10 Å². The minimum Gasteiger partial charge on any atom is -0.497 e. The molecule has 1 aromatic rings. The predicted molar refractivity (Wildman–Crippen MR) is 76.8 cm³/mol. The lowest BCUT2D eigenvalue weighted by Gasteiger charge is -2.20. The summed E-state index contributed by atoms with van der Waals surface area (Å²) in [5, 5.41) is 2.96. The number of nitrogens with one attached hydrogen (secondary N) is 1. The average Bonchev–Trinajstić information content (AvgIpc) is 3.29. The molecule has 5 heteroatoms. The van der Waals surface area contributed by atoms with Gasteiger partial charge in [-0.3, -0.25) is 4.79 Å². The van der Waals surface area contributed by atoms with Crippen LogP contribution in [0.4, 0.5) is 0 Å².